The van der Waals surface area contributed by atoms with E-state index in [1.165, 1.54) is 11.1 Å². The fraction of sp³-hybridized carbons (Fsp3) is 0.417. The van der Waals surface area contributed by atoms with Gasteiger partial charge in [0.05, 0.1) is 11.1 Å². The highest BCUT2D eigenvalue weighted by Gasteiger charge is 2.32. The number of aromatic nitrogens is 2. The number of fused-ring (bicyclic) bond motifs is 1. The quantitative estimate of drug-likeness (QED) is 0.620. The summed E-state index contributed by atoms with van der Waals surface area (Å²) < 4.78 is 0. The molecule has 1 aromatic heterocycles. The second-order valence-corrected chi connectivity index (χ2v) is 8.37. The van der Waals surface area contributed by atoms with Gasteiger partial charge in [0.25, 0.3) is 0 Å². The van der Waals surface area contributed by atoms with E-state index in [-0.39, 0.29) is 6.04 Å². The smallest absolute Gasteiger partial charge is 0.138 e. The van der Waals surface area contributed by atoms with Crippen LogP contribution in [0.25, 0.3) is 10.9 Å². The Bertz CT molecular complexity index is 1040. The molecule has 1 fully saturated rings. The number of nitrogens with one attached hydrogen (secondary N) is 2. The van der Waals surface area contributed by atoms with Crippen LogP contribution < -0.4 is 10.6 Å². The Balaban J connectivity index is 1.78. The van der Waals surface area contributed by atoms with Gasteiger partial charge in [-0.25, -0.2) is 9.97 Å². The average Bonchev–Trinajstić information content (AvgIpc) is 2.69. The minimum absolute atomic E-state index is 0.110. The van der Waals surface area contributed by atoms with E-state index in [0.29, 0.717) is 12.8 Å². The molecule has 0 saturated carbocycles. The molecule has 1 aliphatic heterocycles. The van der Waals surface area contributed by atoms with Crippen molar-refractivity contribution in [3.05, 3.63) is 64.5 Å². The fourth-order valence-electron chi connectivity index (χ4n) is 4.25. The van der Waals surface area contributed by atoms with Crippen molar-refractivity contribution in [2.75, 3.05) is 18.4 Å². The molecule has 29 heavy (non-hydrogen) atoms. The van der Waals surface area contributed by atoms with Crippen LogP contribution in [0.3, 0.4) is 0 Å². The Morgan fingerprint density at radius 2 is 1.83 bits per heavy atom. The van der Waals surface area contributed by atoms with Gasteiger partial charge in [0.15, 0.2) is 0 Å². The van der Waals surface area contributed by atoms with Gasteiger partial charge in [-0.2, -0.15) is 0 Å². The van der Waals surface area contributed by atoms with Crippen molar-refractivity contribution in [1.29, 1.82) is 0 Å². The van der Waals surface area contributed by atoms with Gasteiger partial charge < -0.3 is 15.7 Å². The lowest BCUT2D eigenvalue weighted by Crippen LogP contribution is -2.39. The molecule has 0 aliphatic carbocycles. The van der Waals surface area contributed by atoms with Gasteiger partial charge in [-0.15, -0.1) is 0 Å². The van der Waals surface area contributed by atoms with E-state index >= 15 is 0 Å². The van der Waals surface area contributed by atoms with Crippen molar-refractivity contribution in [2.24, 2.45) is 0 Å². The fourth-order valence-corrected chi connectivity index (χ4v) is 4.25. The molecule has 0 spiro atoms. The summed E-state index contributed by atoms with van der Waals surface area (Å²) in [6.07, 6.45) is 1.43. The summed E-state index contributed by atoms with van der Waals surface area (Å²) in [5.74, 6) is 1.57. The topological polar surface area (TPSA) is 70.1 Å². The van der Waals surface area contributed by atoms with Crippen LogP contribution in [0.15, 0.2) is 36.4 Å². The molecule has 1 atom stereocenters. The van der Waals surface area contributed by atoms with Gasteiger partial charge in [-0.3, -0.25) is 0 Å². The highest BCUT2D eigenvalue weighted by molar-refractivity contribution is 5.92. The zero-order chi connectivity index (χ0) is 20.6. The first-order chi connectivity index (χ1) is 13.9. The molecule has 152 valence electrons. The van der Waals surface area contributed by atoms with Crippen molar-refractivity contribution in [3.8, 4) is 0 Å². The Labute approximate surface area is 172 Å². The average molecular weight is 391 g/mol. The number of anilines is 1. The molecule has 2 aromatic carbocycles. The Kier molecular flexibility index (Phi) is 5.28. The molecular weight excluding hydrogens is 360 g/mol. The minimum Gasteiger partial charge on any atom is -0.385 e. The van der Waals surface area contributed by atoms with Crippen molar-refractivity contribution in [1.82, 2.24) is 15.3 Å². The zero-order valence-electron chi connectivity index (χ0n) is 17.7. The lowest BCUT2D eigenvalue weighted by molar-refractivity contribution is 0.00601. The number of hydrogen-bond acceptors (Lipinski definition) is 5. The summed E-state index contributed by atoms with van der Waals surface area (Å²) in [5, 5.41) is 19.2. The number of aryl methyl sites for hydroxylation is 3. The van der Waals surface area contributed by atoms with Crippen LogP contribution in [0, 0.1) is 20.8 Å². The highest BCUT2D eigenvalue weighted by atomic mass is 16.3. The van der Waals surface area contributed by atoms with Gasteiger partial charge in [0, 0.05) is 11.4 Å². The van der Waals surface area contributed by atoms with Crippen LogP contribution in [0.1, 0.15) is 53.9 Å². The van der Waals surface area contributed by atoms with Crippen molar-refractivity contribution < 1.29 is 5.11 Å². The Morgan fingerprint density at radius 1 is 1.07 bits per heavy atom. The molecule has 1 saturated heterocycles. The molecule has 0 radical (unpaired) electrons. The summed E-state index contributed by atoms with van der Waals surface area (Å²) in [5.41, 5.74) is 4.64. The van der Waals surface area contributed by atoms with Crippen LogP contribution in [0.5, 0.6) is 0 Å². The second-order valence-electron chi connectivity index (χ2n) is 8.37. The monoisotopic (exact) mass is 390 g/mol. The summed E-state index contributed by atoms with van der Waals surface area (Å²) in [4.78, 5) is 9.42. The molecular formula is C24H30N4O. The summed E-state index contributed by atoms with van der Waals surface area (Å²) in [7, 11) is 0. The van der Waals surface area contributed by atoms with Crippen LogP contribution in [0.4, 0.5) is 5.82 Å². The molecule has 0 amide bonds. The largest absolute Gasteiger partial charge is 0.385 e. The van der Waals surface area contributed by atoms with Crippen molar-refractivity contribution in [2.45, 2.75) is 52.2 Å². The summed E-state index contributed by atoms with van der Waals surface area (Å²) in [6, 6.07) is 12.8. The zero-order valence-corrected chi connectivity index (χ0v) is 17.7. The first kappa shape index (κ1) is 19.8. The third-order valence-electron chi connectivity index (χ3n) is 5.97. The van der Waals surface area contributed by atoms with E-state index in [1.54, 1.807) is 0 Å². The predicted octanol–water partition coefficient (Wildman–Crippen LogP) is 4.30. The molecule has 2 heterocycles. The SMILES string of the molecule is Cc1cccc([C@@H](C)Nc2nc(C)nc3c(C)cc(C4(O)CCNCC4)cc23)c1. The Hall–Kier alpha value is -2.50. The number of hydrogen-bond donors (Lipinski definition) is 3. The van der Waals surface area contributed by atoms with Gasteiger partial charge in [0.2, 0.25) is 0 Å². The highest BCUT2D eigenvalue weighted by Crippen LogP contribution is 2.35. The maximum Gasteiger partial charge on any atom is 0.138 e. The van der Waals surface area contributed by atoms with Gasteiger partial charge >= 0.3 is 0 Å². The number of nitrogens with zero attached hydrogens (tertiary/aromatic N) is 2. The third-order valence-corrected chi connectivity index (χ3v) is 5.97. The van der Waals surface area contributed by atoms with E-state index in [0.717, 1.165) is 46.8 Å². The van der Waals surface area contributed by atoms with Crippen LogP contribution in [-0.2, 0) is 5.60 Å². The summed E-state index contributed by atoms with van der Waals surface area (Å²) in [6.45, 7) is 9.90. The third kappa shape index (κ3) is 3.98. The number of piperidine rings is 1. The van der Waals surface area contributed by atoms with E-state index in [4.69, 9.17) is 9.97 Å². The van der Waals surface area contributed by atoms with E-state index in [9.17, 15) is 5.11 Å². The molecule has 5 nitrogen and oxygen atoms in total. The van der Waals surface area contributed by atoms with Gasteiger partial charge in [0.1, 0.15) is 11.6 Å². The maximum absolute atomic E-state index is 11.3. The number of aliphatic hydroxyl groups is 1. The normalized spacial score (nSPS) is 17.3. The lowest BCUT2D eigenvalue weighted by Gasteiger charge is -2.33. The number of benzene rings is 2. The van der Waals surface area contributed by atoms with Gasteiger partial charge in [-0.1, -0.05) is 35.9 Å². The maximum atomic E-state index is 11.3. The van der Waals surface area contributed by atoms with E-state index in [2.05, 4.69) is 67.8 Å². The molecule has 5 heteroatoms. The summed E-state index contributed by atoms with van der Waals surface area (Å²) >= 11 is 0. The molecule has 4 rings (SSSR count). The minimum atomic E-state index is -0.797. The first-order valence-corrected chi connectivity index (χ1v) is 10.4. The van der Waals surface area contributed by atoms with E-state index < -0.39 is 5.60 Å². The first-order valence-electron chi connectivity index (χ1n) is 10.4. The van der Waals surface area contributed by atoms with Crippen molar-refractivity contribution in [3.63, 3.8) is 0 Å². The second kappa shape index (κ2) is 7.73. The van der Waals surface area contributed by atoms with E-state index in [1.807, 2.05) is 6.92 Å². The molecule has 0 unspecified atom stereocenters. The molecule has 3 aromatic rings. The standard InChI is InChI=1S/C24H30N4O/c1-15-6-5-7-19(12-15)17(3)26-23-21-14-20(24(29)8-10-25-11-9-24)13-16(2)22(21)27-18(4)28-23/h5-7,12-14,17,25,29H,8-11H2,1-4H3,(H,26,27,28)/t17-/m1/s1. The van der Waals surface area contributed by atoms with Gasteiger partial charge in [-0.05, 0) is 76.4 Å². The van der Waals surface area contributed by atoms with Crippen LogP contribution in [-0.4, -0.2) is 28.2 Å². The van der Waals surface area contributed by atoms with Crippen LogP contribution >= 0.6 is 0 Å². The van der Waals surface area contributed by atoms with Crippen LogP contribution in [0.2, 0.25) is 0 Å². The molecule has 3 N–H and O–H groups in total. The number of rotatable bonds is 4. The predicted molar refractivity (Wildman–Crippen MR) is 118 cm³/mol. The Morgan fingerprint density at radius 3 is 2.55 bits per heavy atom. The van der Waals surface area contributed by atoms with Crippen molar-refractivity contribution >= 4 is 16.7 Å². The molecule has 0 bridgehead atoms. The lowest BCUT2D eigenvalue weighted by atomic mass is 9.83. The molecule has 1 aliphatic rings.